The first-order valence-electron chi connectivity index (χ1n) is 6.68. The van der Waals surface area contributed by atoms with Gasteiger partial charge in [0.25, 0.3) is 5.56 Å². The monoisotopic (exact) mass is 302 g/mol. The fraction of sp³-hybridized carbons (Fsp3) is 0.267. The number of carbonyl (C=O) groups excluding carboxylic acids is 1. The van der Waals surface area contributed by atoms with Crippen LogP contribution in [0.15, 0.2) is 21.7 Å². The first-order valence-corrected chi connectivity index (χ1v) is 6.68. The molecule has 1 aliphatic heterocycles. The van der Waals surface area contributed by atoms with E-state index in [1.54, 1.807) is 12.1 Å². The van der Waals surface area contributed by atoms with Gasteiger partial charge in [0.15, 0.2) is 17.8 Å². The lowest BCUT2D eigenvalue weighted by Crippen LogP contribution is -2.36. The maximum Gasteiger partial charge on any atom is 0.328 e. The summed E-state index contributed by atoms with van der Waals surface area (Å²) in [6.07, 6.45) is 1.06. The standard InChI is InChI=1S/C15H14N2O5/c1-21-11-5-8-3-4-17-13(9(8)6-12(11)22-2)10(7-18)14(19)16-15(17)20/h5-7H,3-4H2,1-2H3,(H,16,19,20). The summed E-state index contributed by atoms with van der Waals surface area (Å²) < 4.78 is 11.9. The van der Waals surface area contributed by atoms with Gasteiger partial charge in [0.05, 0.1) is 19.9 Å². The van der Waals surface area contributed by atoms with Crippen LogP contribution in [0.4, 0.5) is 0 Å². The fourth-order valence-electron chi connectivity index (χ4n) is 2.78. The van der Waals surface area contributed by atoms with Crippen molar-refractivity contribution in [1.29, 1.82) is 0 Å². The van der Waals surface area contributed by atoms with Gasteiger partial charge in [-0.15, -0.1) is 0 Å². The number of aldehydes is 1. The first kappa shape index (κ1) is 14.1. The number of rotatable bonds is 3. The second-order valence-electron chi connectivity index (χ2n) is 4.91. The Hall–Kier alpha value is -2.83. The summed E-state index contributed by atoms with van der Waals surface area (Å²) in [5.74, 6) is 1.04. The van der Waals surface area contributed by atoms with E-state index in [0.717, 1.165) is 5.56 Å². The van der Waals surface area contributed by atoms with Gasteiger partial charge >= 0.3 is 5.69 Å². The van der Waals surface area contributed by atoms with Crippen LogP contribution in [-0.4, -0.2) is 30.1 Å². The molecule has 0 aliphatic carbocycles. The van der Waals surface area contributed by atoms with Gasteiger partial charge in [0.1, 0.15) is 5.56 Å². The number of ether oxygens (including phenoxy) is 2. The van der Waals surface area contributed by atoms with Crippen LogP contribution in [0.25, 0.3) is 11.3 Å². The number of fused-ring (bicyclic) bond motifs is 3. The quantitative estimate of drug-likeness (QED) is 0.838. The average molecular weight is 302 g/mol. The Morgan fingerprint density at radius 2 is 1.86 bits per heavy atom. The minimum Gasteiger partial charge on any atom is -0.493 e. The lowest BCUT2D eigenvalue weighted by Gasteiger charge is -2.23. The first-order chi connectivity index (χ1) is 10.6. The molecule has 1 aromatic carbocycles. The number of aryl methyl sites for hydroxylation is 1. The van der Waals surface area contributed by atoms with Gasteiger partial charge in [-0.05, 0) is 24.1 Å². The number of hydrogen-bond acceptors (Lipinski definition) is 5. The molecule has 0 bridgehead atoms. The van der Waals surface area contributed by atoms with Crippen LogP contribution in [0, 0.1) is 0 Å². The third-order valence-electron chi connectivity index (χ3n) is 3.82. The predicted molar refractivity (Wildman–Crippen MR) is 79.0 cm³/mol. The number of methoxy groups -OCH3 is 2. The van der Waals surface area contributed by atoms with Gasteiger partial charge in [-0.25, -0.2) is 4.79 Å². The molecule has 0 spiro atoms. The van der Waals surface area contributed by atoms with Crippen LogP contribution in [-0.2, 0) is 13.0 Å². The van der Waals surface area contributed by atoms with E-state index < -0.39 is 11.2 Å². The average Bonchev–Trinajstić information content (AvgIpc) is 2.53. The number of aromatic nitrogens is 2. The number of hydrogen-bond donors (Lipinski definition) is 1. The maximum absolute atomic E-state index is 12.0. The number of H-pyrrole nitrogens is 1. The summed E-state index contributed by atoms with van der Waals surface area (Å²) in [5.41, 5.74) is 0.582. The van der Waals surface area contributed by atoms with E-state index >= 15 is 0 Å². The number of carbonyl (C=O) groups is 1. The third-order valence-corrected chi connectivity index (χ3v) is 3.82. The highest BCUT2D eigenvalue weighted by Crippen LogP contribution is 2.38. The Morgan fingerprint density at radius 3 is 2.50 bits per heavy atom. The molecule has 1 aliphatic rings. The number of nitrogens with one attached hydrogen (secondary N) is 1. The van der Waals surface area contributed by atoms with Crippen molar-refractivity contribution < 1.29 is 14.3 Å². The molecule has 1 N–H and O–H groups in total. The smallest absolute Gasteiger partial charge is 0.328 e. The molecular weight excluding hydrogens is 288 g/mol. The third kappa shape index (κ3) is 1.93. The van der Waals surface area contributed by atoms with Crippen molar-refractivity contribution in [2.24, 2.45) is 0 Å². The molecular formula is C15H14N2O5. The summed E-state index contributed by atoms with van der Waals surface area (Å²) in [6.45, 7) is 0.383. The lowest BCUT2D eigenvalue weighted by molar-refractivity contribution is 0.112. The summed E-state index contributed by atoms with van der Waals surface area (Å²) in [4.78, 5) is 37.3. The normalized spacial score (nSPS) is 12.3. The minimum atomic E-state index is -0.686. The van der Waals surface area contributed by atoms with Crippen LogP contribution >= 0.6 is 0 Å². The van der Waals surface area contributed by atoms with Gasteiger partial charge in [-0.1, -0.05) is 0 Å². The topological polar surface area (TPSA) is 90.4 Å². The van der Waals surface area contributed by atoms with E-state index in [1.165, 1.54) is 18.8 Å². The van der Waals surface area contributed by atoms with Crippen molar-refractivity contribution in [2.75, 3.05) is 14.2 Å². The zero-order valence-electron chi connectivity index (χ0n) is 12.1. The molecule has 114 valence electrons. The molecule has 0 amide bonds. The maximum atomic E-state index is 12.0. The molecule has 7 nitrogen and oxygen atoms in total. The van der Waals surface area contributed by atoms with Crippen molar-refractivity contribution in [3.8, 4) is 22.8 Å². The summed E-state index contributed by atoms with van der Waals surface area (Å²) in [6, 6.07) is 3.49. The molecule has 2 aromatic rings. The van der Waals surface area contributed by atoms with E-state index in [-0.39, 0.29) is 5.56 Å². The van der Waals surface area contributed by atoms with E-state index in [4.69, 9.17) is 9.47 Å². The highest BCUT2D eigenvalue weighted by atomic mass is 16.5. The predicted octanol–water partition coefficient (Wildman–Crippen LogP) is 0.589. The summed E-state index contributed by atoms with van der Waals surface area (Å²) >= 11 is 0. The largest absolute Gasteiger partial charge is 0.493 e. The van der Waals surface area contributed by atoms with Crippen LogP contribution in [0.5, 0.6) is 11.5 Å². The summed E-state index contributed by atoms with van der Waals surface area (Å²) in [5, 5.41) is 0. The van der Waals surface area contributed by atoms with Crippen LogP contribution in [0.3, 0.4) is 0 Å². The summed E-state index contributed by atoms with van der Waals surface area (Å²) in [7, 11) is 3.03. The minimum absolute atomic E-state index is 0.0623. The van der Waals surface area contributed by atoms with Crippen LogP contribution in [0.2, 0.25) is 0 Å². The molecule has 0 saturated heterocycles. The van der Waals surface area contributed by atoms with E-state index in [0.29, 0.717) is 42.0 Å². The van der Waals surface area contributed by atoms with Crippen LogP contribution < -0.4 is 20.7 Å². The van der Waals surface area contributed by atoms with E-state index in [2.05, 4.69) is 4.98 Å². The van der Waals surface area contributed by atoms with Crippen molar-refractivity contribution in [3.05, 3.63) is 44.1 Å². The van der Waals surface area contributed by atoms with Crippen LogP contribution in [0.1, 0.15) is 15.9 Å². The van der Waals surface area contributed by atoms with Gasteiger partial charge < -0.3 is 9.47 Å². The molecule has 1 aromatic heterocycles. The van der Waals surface area contributed by atoms with Gasteiger partial charge in [0, 0.05) is 12.1 Å². The van der Waals surface area contributed by atoms with E-state index in [1.807, 2.05) is 0 Å². The molecule has 7 heteroatoms. The Kier molecular flexibility index (Phi) is 3.32. The molecule has 3 rings (SSSR count). The zero-order valence-corrected chi connectivity index (χ0v) is 12.1. The number of aromatic amines is 1. The Bertz CT molecular complexity index is 879. The second-order valence-corrected chi connectivity index (χ2v) is 4.91. The number of benzene rings is 1. The van der Waals surface area contributed by atoms with Gasteiger partial charge in [-0.2, -0.15) is 0 Å². The lowest BCUT2D eigenvalue weighted by atomic mass is 9.94. The number of nitrogens with zero attached hydrogens (tertiary/aromatic N) is 1. The second kappa shape index (κ2) is 5.18. The zero-order chi connectivity index (χ0) is 15.9. The highest BCUT2D eigenvalue weighted by Gasteiger charge is 2.24. The van der Waals surface area contributed by atoms with Crippen molar-refractivity contribution in [2.45, 2.75) is 13.0 Å². The Morgan fingerprint density at radius 1 is 1.18 bits per heavy atom. The molecule has 0 fully saturated rings. The van der Waals surface area contributed by atoms with Crippen molar-refractivity contribution >= 4 is 6.29 Å². The highest BCUT2D eigenvalue weighted by molar-refractivity contribution is 5.87. The molecule has 2 heterocycles. The SMILES string of the molecule is COc1cc2c(cc1OC)-c1c(C=O)c(=O)[nH]c(=O)n1CC2. The van der Waals surface area contributed by atoms with Crippen molar-refractivity contribution in [1.82, 2.24) is 9.55 Å². The molecule has 22 heavy (non-hydrogen) atoms. The molecule has 0 saturated carbocycles. The fourth-order valence-corrected chi connectivity index (χ4v) is 2.78. The van der Waals surface area contributed by atoms with Crippen molar-refractivity contribution in [3.63, 3.8) is 0 Å². The van der Waals surface area contributed by atoms with E-state index in [9.17, 15) is 14.4 Å². The molecule has 0 atom stereocenters. The Balaban J connectivity index is 2.40. The Labute approximate surface area is 125 Å². The molecule has 0 radical (unpaired) electrons. The van der Waals surface area contributed by atoms with Gasteiger partial charge in [-0.3, -0.25) is 19.1 Å². The van der Waals surface area contributed by atoms with Gasteiger partial charge in [0.2, 0.25) is 0 Å². The molecule has 0 unspecified atom stereocenters.